The molecule has 2 aromatic carbocycles. The van der Waals surface area contributed by atoms with Crippen LogP contribution in [0.2, 0.25) is 5.02 Å². The number of rotatable bonds is 3. The van der Waals surface area contributed by atoms with E-state index in [-0.39, 0.29) is 16.6 Å². The molecule has 0 aliphatic heterocycles. The largest absolute Gasteiger partial charge is 0.508 e. The fourth-order valence-electron chi connectivity index (χ4n) is 1.51. The van der Waals surface area contributed by atoms with E-state index in [0.717, 1.165) is 5.56 Å². The summed E-state index contributed by atoms with van der Waals surface area (Å²) in [6.07, 6.45) is 3.37. The Morgan fingerprint density at radius 3 is 2.55 bits per heavy atom. The van der Waals surface area contributed by atoms with Crippen molar-refractivity contribution in [2.45, 2.75) is 0 Å². The van der Waals surface area contributed by atoms with Gasteiger partial charge in [-0.25, -0.2) is 9.38 Å². The smallest absolute Gasteiger partial charge is 0.141 e. The van der Waals surface area contributed by atoms with Gasteiger partial charge in [0.05, 0.1) is 10.7 Å². The van der Waals surface area contributed by atoms with Gasteiger partial charge in [-0.05, 0) is 42.0 Å². The van der Waals surface area contributed by atoms with Crippen LogP contribution >= 0.6 is 11.6 Å². The van der Waals surface area contributed by atoms with Gasteiger partial charge in [-0.2, -0.15) is 0 Å². The number of amidine groups is 1. The maximum absolute atomic E-state index is 13.0. The van der Waals surface area contributed by atoms with E-state index in [4.69, 9.17) is 22.4 Å². The lowest BCUT2D eigenvalue weighted by atomic mass is 10.2. The number of nitrogens with two attached hydrogens (primary N) is 1. The minimum Gasteiger partial charge on any atom is -0.508 e. The van der Waals surface area contributed by atoms with Crippen LogP contribution in [0, 0.1) is 5.82 Å². The van der Waals surface area contributed by atoms with Crippen molar-refractivity contribution < 1.29 is 9.50 Å². The molecule has 20 heavy (non-hydrogen) atoms. The maximum Gasteiger partial charge on any atom is 0.141 e. The van der Waals surface area contributed by atoms with E-state index in [1.54, 1.807) is 36.4 Å². The summed E-state index contributed by atoms with van der Waals surface area (Å²) in [6.45, 7) is 0. The number of halogens is 2. The van der Waals surface area contributed by atoms with E-state index in [2.05, 4.69) is 4.99 Å². The molecule has 3 nitrogen and oxygen atoms in total. The second-order valence-corrected chi connectivity index (χ2v) is 4.47. The Morgan fingerprint density at radius 2 is 1.90 bits per heavy atom. The minimum absolute atomic E-state index is 0.00145. The monoisotopic (exact) mass is 290 g/mol. The van der Waals surface area contributed by atoms with Crippen molar-refractivity contribution in [1.82, 2.24) is 0 Å². The molecule has 0 radical (unpaired) electrons. The van der Waals surface area contributed by atoms with Gasteiger partial charge in [0.1, 0.15) is 17.4 Å². The predicted molar refractivity (Wildman–Crippen MR) is 79.8 cm³/mol. The molecule has 0 heterocycles. The topological polar surface area (TPSA) is 58.6 Å². The summed E-state index contributed by atoms with van der Waals surface area (Å²) in [5.41, 5.74) is 7.10. The third-order valence-electron chi connectivity index (χ3n) is 2.50. The molecule has 0 saturated heterocycles. The highest BCUT2D eigenvalue weighted by atomic mass is 35.5. The normalized spacial score (nSPS) is 12.0. The molecule has 2 rings (SSSR count). The number of aromatic hydroxyl groups is 1. The molecule has 0 unspecified atom stereocenters. The molecule has 0 aliphatic carbocycles. The second-order valence-electron chi connectivity index (χ2n) is 4.06. The molecular formula is C15H12ClFN2O. The quantitative estimate of drug-likeness (QED) is 0.665. The summed E-state index contributed by atoms with van der Waals surface area (Å²) in [6, 6.07) is 10.8. The molecule has 0 bridgehead atoms. The lowest BCUT2D eigenvalue weighted by Crippen LogP contribution is -2.06. The van der Waals surface area contributed by atoms with Crippen LogP contribution < -0.4 is 5.73 Å². The molecule has 0 saturated carbocycles. The number of phenolic OH excluding ortho intramolecular Hbond substituents is 1. The third-order valence-corrected chi connectivity index (χ3v) is 2.79. The molecule has 0 amide bonds. The zero-order chi connectivity index (χ0) is 14.5. The number of phenols is 1. The van der Waals surface area contributed by atoms with Gasteiger partial charge in [-0.3, -0.25) is 0 Å². The zero-order valence-corrected chi connectivity index (χ0v) is 11.2. The fourth-order valence-corrected chi connectivity index (χ4v) is 1.68. The minimum atomic E-state index is -0.496. The van der Waals surface area contributed by atoms with E-state index in [0.29, 0.717) is 5.69 Å². The first kappa shape index (κ1) is 14.1. The molecule has 2 aromatic rings. The molecule has 0 spiro atoms. The first-order chi connectivity index (χ1) is 9.54. The number of nitrogens with zero attached hydrogens (tertiary/aromatic N) is 1. The summed E-state index contributed by atoms with van der Waals surface area (Å²) in [5, 5.41) is 9.16. The zero-order valence-electron chi connectivity index (χ0n) is 10.4. The molecule has 3 N–H and O–H groups in total. The van der Waals surface area contributed by atoms with Crippen molar-refractivity contribution in [2.24, 2.45) is 10.7 Å². The molecule has 102 valence electrons. The Balaban J connectivity index is 2.14. The van der Waals surface area contributed by atoms with Crippen LogP contribution in [-0.2, 0) is 0 Å². The second kappa shape index (κ2) is 6.21. The van der Waals surface area contributed by atoms with Crippen LogP contribution in [0.4, 0.5) is 10.1 Å². The van der Waals surface area contributed by atoms with E-state index in [9.17, 15) is 4.39 Å². The highest BCUT2D eigenvalue weighted by Gasteiger charge is 1.99. The molecule has 5 heteroatoms. The highest BCUT2D eigenvalue weighted by molar-refractivity contribution is 6.31. The maximum atomic E-state index is 13.0. The van der Waals surface area contributed by atoms with Gasteiger partial charge in [0.15, 0.2) is 0 Å². The first-order valence-corrected chi connectivity index (χ1v) is 6.19. The van der Waals surface area contributed by atoms with Crippen LogP contribution in [-0.4, -0.2) is 10.9 Å². The van der Waals surface area contributed by atoms with Crippen LogP contribution in [0.5, 0.6) is 5.75 Å². The Labute approximate surface area is 120 Å². The SMILES string of the molecule is NC(/C=C/c1ccc(O)cc1)=Nc1ccc(F)c(Cl)c1. The molecule has 0 aliphatic rings. The van der Waals surface area contributed by atoms with Crippen molar-refractivity contribution in [1.29, 1.82) is 0 Å². The van der Waals surface area contributed by atoms with Gasteiger partial charge >= 0.3 is 0 Å². The van der Waals surface area contributed by atoms with Crippen LogP contribution in [0.25, 0.3) is 6.08 Å². The van der Waals surface area contributed by atoms with Crippen molar-refractivity contribution in [3.63, 3.8) is 0 Å². The first-order valence-electron chi connectivity index (χ1n) is 5.81. The van der Waals surface area contributed by atoms with Gasteiger partial charge in [-0.15, -0.1) is 0 Å². The lowest BCUT2D eigenvalue weighted by molar-refractivity contribution is 0.475. The molecule has 0 fully saturated rings. The molecular weight excluding hydrogens is 279 g/mol. The summed E-state index contributed by atoms with van der Waals surface area (Å²) < 4.78 is 13.0. The van der Waals surface area contributed by atoms with Gasteiger partial charge in [0, 0.05) is 0 Å². The summed E-state index contributed by atoms with van der Waals surface area (Å²) in [5.74, 6) is -0.0330. The number of hydrogen-bond donors (Lipinski definition) is 2. The van der Waals surface area contributed by atoms with E-state index in [1.807, 2.05) is 0 Å². The van der Waals surface area contributed by atoms with Crippen molar-refractivity contribution in [2.75, 3.05) is 0 Å². The lowest BCUT2D eigenvalue weighted by Gasteiger charge is -1.98. The van der Waals surface area contributed by atoms with E-state index >= 15 is 0 Å². The van der Waals surface area contributed by atoms with Crippen LogP contribution in [0.1, 0.15) is 5.56 Å². The standard InChI is InChI=1S/C15H12ClFN2O/c16-13-9-11(4-7-14(13)17)19-15(18)8-3-10-1-5-12(20)6-2-10/h1-9,20H,(H2,18,19)/b8-3+. The van der Waals surface area contributed by atoms with Gasteiger partial charge < -0.3 is 10.8 Å². The molecule has 0 atom stereocenters. The average molecular weight is 291 g/mol. The summed E-state index contributed by atoms with van der Waals surface area (Å²) in [4.78, 5) is 4.10. The highest BCUT2D eigenvalue weighted by Crippen LogP contribution is 2.21. The fraction of sp³-hybridized carbons (Fsp3) is 0. The summed E-state index contributed by atoms with van der Waals surface area (Å²) in [7, 11) is 0. The van der Waals surface area contributed by atoms with Crippen molar-refractivity contribution in [3.05, 3.63) is 64.9 Å². The van der Waals surface area contributed by atoms with Crippen molar-refractivity contribution in [3.8, 4) is 5.75 Å². The Bertz CT molecular complexity index is 666. The Hall–Kier alpha value is -2.33. The Kier molecular flexibility index (Phi) is 4.38. The number of benzene rings is 2. The molecule has 0 aromatic heterocycles. The van der Waals surface area contributed by atoms with E-state index in [1.165, 1.54) is 18.2 Å². The number of aliphatic imine (C=N–C) groups is 1. The van der Waals surface area contributed by atoms with Crippen LogP contribution in [0.3, 0.4) is 0 Å². The van der Waals surface area contributed by atoms with Crippen molar-refractivity contribution >= 4 is 29.2 Å². The van der Waals surface area contributed by atoms with Gasteiger partial charge in [-0.1, -0.05) is 29.8 Å². The predicted octanol–water partition coefficient (Wildman–Crippen LogP) is 3.89. The van der Waals surface area contributed by atoms with Gasteiger partial charge in [0.25, 0.3) is 0 Å². The van der Waals surface area contributed by atoms with E-state index < -0.39 is 5.82 Å². The van der Waals surface area contributed by atoms with Crippen LogP contribution in [0.15, 0.2) is 53.5 Å². The third kappa shape index (κ3) is 3.83. The summed E-state index contributed by atoms with van der Waals surface area (Å²) >= 11 is 5.66. The van der Waals surface area contributed by atoms with Gasteiger partial charge in [0.2, 0.25) is 0 Å². The number of hydrogen-bond acceptors (Lipinski definition) is 2. The average Bonchev–Trinajstić information content (AvgIpc) is 2.42. The Morgan fingerprint density at radius 1 is 1.20 bits per heavy atom.